The van der Waals surface area contributed by atoms with E-state index in [1.54, 1.807) is 0 Å². The fraction of sp³-hybridized carbons (Fsp3) is 0.478. The first-order valence-corrected chi connectivity index (χ1v) is 11.0. The van der Waals surface area contributed by atoms with Crippen molar-refractivity contribution in [3.63, 3.8) is 0 Å². The van der Waals surface area contributed by atoms with Gasteiger partial charge in [0.1, 0.15) is 11.6 Å². The van der Waals surface area contributed by atoms with Crippen molar-refractivity contribution in [2.45, 2.75) is 12.8 Å². The maximum absolute atomic E-state index is 13.2. The Morgan fingerprint density at radius 3 is 2.69 bits per heavy atom. The predicted octanol–water partition coefficient (Wildman–Crippen LogP) is 2.67. The van der Waals surface area contributed by atoms with Crippen molar-refractivity contribution in [2.75, 3.05) is 57.8 Å². The molecule has 2 aromatic rings. The summed E-state index contributed by atoms with van der Waals surface area (Å²) in [5.41, 5.74) is 0.153. The number of methoxy groups -OCH3 is 1. The highest BCUT2D eigenvalue weighted by molar-refractivity contribution is 5.97. The highest BCUT2D eigenvalue weighted by Gasteiger charge is 2.29. The van der Waals surface area contributed by atoms with Gasteiger partial charge in [-0.05, 0) is 37.0 Å². The number of pyridine rings is 1. The number of nitrogens with zero attached hydrogens (tertiary/aromatic N) is 5. The second kappa shape index (κ2) is 9.95. The Labute approximate surface area is 187 Å². The van der Waals surface area contributed by atoms with Crippen LogP contribution in [0.25, 0.3) is 0 Å². The van der Waals surface area contributed by atoms with Crippen molar-refractivity contribution >= 4 is 17.4 Å². The van der Waals surface area contributed by atoms with Crippen LogP contribution in [0.3, 0.4) is 0 Å². The molecule has 0 spiro atoms. The highest BCUT2D eigenvalue weighted by atomic mass is 16.6. The number of ether oxygens (including phenoxy) is 1. The third kappa shape index (κ3) is 4.99. The van der Waals surface area contributed by atoms with E-state index in [9.17, 15) is 14.9 Å². The van der Waals surface area contributed by atoms with Crippen LogP contribution >= 0.6 is 0 Å². The summed E-state index contributed by atoms with van der Waals surface area (Å²) in [6.07, 6.45) is 3.84. The zero-order valence-electron chi connectivity index (χ0n) is 18.4. The third-order valence-corrected chi connectivity index (χ3v) is 6.29. The molecule has 4 rings (SSSR count). The number of nitro groups is 1. The number of hydrogen-bond acceptors (Lipinski definition) is 7. The molecule has 9 nitrogen and oxygen atoms in total. The summed E-state index contributed by atoms with van der Waals surface area (Å²) < 4.78 is 5.30. The lowest BCUT2D eigenvalue weighted by atomic mass is 9.96. The highest BCUT2D eigenvalue weighted by Crippen LogP contribution is 2.28. The van der Waals surface area contributed by atoms with E-state index >= 15 is 0 Å². The Morgan fingerprint density at radius 2 is 2.00 bits per heavy atom. The third-order valence-electron chi connectivity index (χ3n) is 6.29. The number of carbonyl (C=O) groups is 1. The summed E-state index contributed by atoms with van der Waals surface area (Å²) in [5.74, 6) is 1.58. The van der Waals surface area contributed by atoms with Crippen LogP contribution < -0.4 is 9.64 Å². The summed E-state index contributed by atoms with van der Waals surface area (Å²) in [6, 6.07) is 10.2. The normalized spacial score (nSPS) is 19.6. The molecule has 1 atom stereocenters. The number of aromatic nitrogens is 1. The monoisotopic (exact) mass is 439 g/mol. The van der Waals surface area contributed by atoms with E-state index in [2.05, 4.69) is 14.8 Å². The standard InChI is InChI=1S/C23H29N5O4/c1-32-21-8-7-19(28(30)31)15-20(21)23(29)27-10-4-5-18(17-27)16-25-11-13-26(14-12-25)22-6-2-3-9-24-22/h2-3,6-9,15,18H,4-5,10-14,16-17H2,1H3. The van der Waals surface area contributed by atoms with E-state index in [0.717, 1.165) is 51.4 Å². The lowest BCUT2D eigenvalue weighted by Crippen LogP contribution is -2.50. The van der Waals surface area contributed by atoms with Crippen LogP contribution in [0, 0.1) is 16.0 Å². The Morgan fingerprint density at radius 1 is 1.19 bits per heavy atom. The largest absolute Gasteiger partial charge is 0.496 e. The minimum Gasteiger partial charge on any atom is -0.496 e. The number of non-ortho nitro benzene ring substituents is 1. The number of benzene rings is 1. The Kier molecular flexibility index (Phi) is 6.84. The maximum atomic E-state index is 13.2. The van der Waals surface area contributed by atoms with Crippen molar-refractivity contribution in [1.29, 1.82) is 0 Å². The molecule has 0 N–H and O–H groups in total. The van der Waals surface area contributed by atoms with Crippen molar-refractivity contribution < 1.29 is 14.5 Å². The average Bonchev–Trinajstić information content (AvgIpc) is 2.84. The number of hydrogen-bond donors (Lipinski definition) is 0. The van der Waals surface area contributed by atoms with Gasteiger partial charge in [-0.25, -0.2) is 4.98 Å². The summed E-state index contributed by atoms with van der Waals surface area (Å²) >= 11 is 0. The van der Waals surface area contributed by atoms with Crippen molar-refractivity contribution in [1.82, 2.24) is 14.8 Å². The first-order chi connectivity index (χ1) is 15.5. The van der Waals surface area contributed by atoms with Gasteiger partial charge in [0.2, 0.25) is 0 Å². The van der Waals surface area contributed by atoms with Crippen LogP contribution in [0.15, 0.2) is 42.6 Å². The van der Waals surface area contributed by atoms with E-state index < -0.39 is 4.92 Å². The number of nitro benzene ring substituents is 1. The number of likely N-dealkylation sites (tertiary alicyclic amines) is 1. The molecule has 2 aliphatic heterocycles. The summed E-state index contributed by atoms with van der Waals surface area (Å²) in [7, 11) is 1.47. The van der Waals surface area contributed by atoms with Crippen molar-refractivity contribution in [3.8, 4) is 5.75 Å². The minimum absolute atomic E-state index is 0.103. The molecule has 0 saturated carbocycles. The maximum Gasteiger partial charge on any atom is 0.270 e. The quantitative estimate of drug-likeness (QED) is 0.505. The number of rotatable bonds is 6. The van der Waals surface area contributed by atoms with Crippen LogP contribution in [0.1, 0.15) is 23.2 Å². The number of amides is 1. The first kappa shape index (κ1) is 22.0. The van der Waals surface area contributed by atoms with E-state index in [-0.39, 0.29) is 17.2 Å². The minimum atomic E-state index is -0.486. The van der Waals surface area contributed by atoms with Gasteiger partial charge in [0, 0.05) is 64.1 Å². The van der Waals surface area contributed by atoms with Crippen LogP contribution in [-0.4, -0.2) is 78.5 Å². The molecule has 2 aliphatic rings. The van der Waals surface area contributed by atoms with Crippen LogP contribution in [-0.2, 0) is 0 Å². The van der Waals surface area contributed by atoms with Crippen LogP contribution in [0.4, 0.5) is 11.5 Å². The molecule has 170 valence electrons. The van der Waals surface area contributed by atoms with Gasteiger partial charge in [0.25, 0.3) is 11.6 Å². The zero-order chi connectivity index (χ0) is 22.5. The number of piperazine rings is 1. The second-order valence-corrected chi connectivity index (χ2v) is 8.38. The smallest absolute Gasteiger partial charge is 0.270 e. The molecular formula is C23H29N5O4. The molecule has 32 heavy (non-hydrogen) atoms. The number of piperidine rings is 1. The summed E-state index contributed by atoms with van der Waals surface area (Å²) in [4.78, 5) is 34.9. The molecule has 1 aromatic carbocycles. The van der Waals surface area contributed by atoms with Gasteiger partial charge in [0.05, 0.1) is 17.6 Å². The van der Waals surface area contributed by atoms with Gasteiger partial charge in [-0.15, -0.1) is 0 Å². The van der Waals surface area contributed by atoms with E-state index in [4.69, 9.17) is 4.74 Å². The van der Waals surface area contributed by atoms with Gasteiger partial charge >= 0.3 is 0 Å². The number of carbonyl (C=O) groups excluding carboxylic acids is 1. The molecule has 1 unspecified atom stereocenters. The summed E-state index contributed by atoms with van der Waals surface area (Å²) in [5, 5.41) is 11.2. The molecule has 3 heterocycles. The van der Waals surface area contributed by atoms with Crippen molar-refractivity contribution in [3.05, 3.63) is 58.3 Å². The molecule has 9 heteroatoms. The van der Waals surface area contributed by atoms with Gasteiger partial charge in [-0.3, -0.25) is 19.8 Å². The van der Waals surface area contributed by atoms with E-state index in [1.165, 1.54) is 25.3 Å². The molecular weight excluding hydrogens is 410 g/mol. The predicted molar refractivity (Wildman–Crippen MR) is 121 cm³/mol. The molecule has 0 bridgehead atoms. The SMILES string of the molecule is COc1ccc([N+](=O)[O-])cc1C(=O)N1CCCC(CN2CCN(c3ccccn3)CC2)C1. The summed E-state index contributed by atoms with van der Waals surface area (Å²) in [6.45, 7) is 6.10. The van der Waals surface area contributed by atoms with Crippen LogP contribution in [0.2, 0.25) is 0 Å². The first-order valence-electron chi connectivity index (χ1n) is 11.0. The van der Waals surface area contributed by atoms with E-state index in [0.29, 0.717) is 24.8 Å². The van der Waals surface area contributed by atoms with E-state index in [1.807, 2.05) is 29.3 Å². The zero-order valence-corrected chi connectivity index (χ0v) is 18.4. The molecule has 1 amide bonds. The fourth-order valence-corrected chi connectivity index (χ4v) is 4.61. The molecule has 2 saturated heterocycles. The van der Waals surface area contributed by atoms with Gasteiger partial charge in [-0.2, -0.15) is 0 Å². The van der Waals surface area contributed by atoms with Gasteiger partial charge < -0.3 is 14.5 Å². The molecule has 1 aromatic heterocycles. The van der Waals surface area contributed by atoms with Crippen LogP contribution in [0.5, 0.6) is 5.75 Å². The lowest BCUT2D eigenvalue weighted by Gasteiger charge is -2.39. The number of anilines is 1. The fourth-order valence-electron chi connectivity index (χ4n) is 4.61. The topological polar surface area (TPSA) is 92.0 Å². The molecule has 0 aliphatic carbocycles. The van der Waals surface area contributed by atoms with Gasteiger partial charge in [0.15, 0.2) is 0 Å². The van der Waals surface area contributed by atoms with Gasteiger partial charge in [-0.1, -0.05) is 6.07 Å². The average molecular weight is 440 g/mol. The Hall–Kier alpha value is -3.20. The Balaban J connectivity index is 1.35. The molecule has 0 radical (unpaired) electrons. The molecule has 2 fully saturated rings. The van der Waals surface area contributed by atoms with Crippen molar-refractivity contribution in [2.24, 2.45) is 5.92 Å². The lowest BCUT2D eigenvalue weighted by molar-refractivity contribution is -0.384. The Bertz CT molecular complexity index is 947. The second-order valence-electron chi connectivity index (χ2n) is 8.38.